The maximum absolute atomic E-state index is 11.1. The molecule has 1 aromatic carbocycles. The van der Waals surface area contributed by atoms with Gasteiger partial charge in [0.05, 0.1) is 11.0 Å². The Kier molecular flexibility index (Phi) is 5.92. The molecule has 7 nitrogen and oxygen atoms in total. The predicted molar refractivity (Wildman–Crippen MR) is 73.3 cm³/mol. The number of rotatable bonds is 8. The van der Waals surface area contributed by atoms with E-state index in [1.165, 1.54) is 6.07 Å². The molecule has 0 aliphatic heterocycles. The summed E-state index contributed by atoms with van der Waals surface area (Å²) in [5.74, 6) is -1.14. The zero-order valence-electron chi connectivity index (χ0n) is 11.5. The van der Waals surface area contributed by atoms with Crippen molar-refractivity contribution in [2.24, 2.45) is 0 Å². The second-order valence-corrected chi connectivity index (χ2v) is 4.12. The highest BCUT2D eigenvalue weighted by atomic mass is 16.6. The van der Waals surface area contributed by atoms with Crippen LogP contribution in [-0.4, -0.2) is 47.1 Å². The van der Waals surface area contributed by atoms with Gasteiger partial charge in [0.25, 0.3) is 5.69 Å². The molecule has 20 heavy (non-hydrogen) atoms. The van der Waals surface area contributed by atoms with Crippen molar-refractivity contribution in [3.05, 3.63) is 33.9 Å². The first-order valence-corrected chi connectivity index (χ1v) is 6.36. The Labute approximate surface area is 116 Å². The van der Waals surface area contributed by atoms with Crippen LogP contribution in [-0.2, 0) is 0 Å². The largest absolute Gasteiger partial charge is 0.491 e. The molecule has 1 N–H and O–H groups in total. The quantitative estimate of drug-likeness (QED) is 0.579. The topological polar surface area (TPSA) is 92.9 Å². The van der Waals surface area contributed by atoms with Gasteiger partial charge in [-0.2, -0.15) is 0 Å². The minimum atomic E-state index is -1.17. The molecule has 0 saturated carbocycles. The third kappa shape index (κ3) is 4.20. The lowest BCUT2D eigenvalue weighted by Gasteiger charge is -2.18. The highest BCUT2D eigenvalue weighted by Crippen LogP contribution is 2.24. The highest BCUT2D eigenvalue weighted by molar-refractivity contribution is 5.91. The van der Waals surface area contributed by atoms with Gasteiger partial charge >= 0.3 is 5.97 Å². The van der Waals surface area contributed by atoms with Crippen molar-refractivity contribution in [3.63, 3.8) is 0 Å². The van der Waals surface area contributed by atoms with Crippen molar-refractivity contribution in [1.82, 2.24) is 4.90 Å². The molecule has 0 radical (unpaired) electrons. The van der Waals surface area contributed by atoms with E-state index in [9.17, 15) is 14.9 Å². The van der Waals surface area contributed by atoms with Crippen molar-refractivity contribution in [2.45, 2.75) is 13.8 Å². The molecule has 0 amide bonds. The number of hydrogen-bond acceptors (Lipinski definition) is 5. The van der Waals surface area contributed by atoms with Crippen LogP contribution in [0, 0.1) is 10.1 Å². The van der Waals surface area contributed by atoms with E-state index in [-0.39, 0.29) is 23.6 Å². The zero-order valence-corrected chi connectivity index (χ0v) is 11.5. The molecular formula is C13H18N2O5. The van der Waals surface area contributed by atoms with Gasteiger partial charge in [0.15, 0.2) is 0 Å². The van der Waals surface area contributed by atoms with Crippen LogP contribution in [0.25, 0.3) is 0 Å². The van der Waals surface area contributed by atoms with Crippen LogP contribution in [0.5, 0.6) is 5.75 Å². The first-order chi connectivity index (χ1) is 9.49. The zero-order chi connectivity index (χ0) is 15.1. The van der Waals surface area contributed by atoms with Gasteiger partial charge < -0.3 is 14.7 Å². The van der Waals surface area contributed by atoms with Crippen LogP contribution in [0.1, 0.15) is 24.2 Å². The summed E-state index contributed by atoms with van der Waals surface area (Å²) in [6.45, 7) is 6.66. The summed E-state index contributed by atoms with van der Waals surface area (Å²) in [5, 5.41) is 19.7. The summed E-state index contributed by atoms with van der Waals surface area (Å²) < 4.78 is 5.40. The maximum atomic E-state index is 11.1. The molecule has 0 aliphatic carbocycles. The van der Waals surface area contributed by atoms with Gasteiger partial charge in [-0.05, 0) is 19.2 Å². The molecule has 0 saturated heterocycles. The minimum absolute atomic E-state index is 0.0267. The number of carbonyl (C=O) groups is 1. The van der Waals surface area contributed by atoms with E-state index in [1.54, 1.807) is 0 Å². The fourth-order valence-electron chi connectivity index (χ4n) is 1.75. The van der Waals surface area contributed by atoms with Crippen LogP contribution in [0.15, 0.2) is 18.2 Å². The molecule has 0 atom stereocenters. The SMILES string of the molecule is CCN(CC)CCOc1cc([N+](=O)[O-])ccc1C(=O)O. The van der Waals surface area contributed by atoms with E-state index in [2.05, 4.69) is 4.90 Å². The van der Waals surface area contributed by atoms with Gasteiger partial charge in [0.2, 0.25) is 0 Å². The molecule has 0 bridgehead atoms. The number of hydrogen-bond donors (Lipinski definition) is 1. The van der Waals surface area contributed by atoms with E-state index in [4.69, 9.17) is 9.84 Å². The van der Waals surface area contributed by atoms with Gasteiger partial charge in [-0.1, -0.05) is 13.8 Å². The van der Waals surface area contributed by atoms with Crippen molar-refractivity contribution in [2.75, 3.05) is 26.2 Å². The number of benzene rings is 1. The number of nitro benzene ring substituents is 1. The van der Waals surface area contributed by atoms with E-state index in [0.29, 0.717) is 6.54 Å². The van der Waals surface area contributed by atoms with Crippen molar-refractivity contribution >= 4 is 11.7 Å². The monoisotopic (exact) mass is 282 g/mol. The number of likely N-dealkylation sites (N-methyl/N-ethyl adjacent to an activating group) is 1. The summed E-state index contributed by atoms with van der Waals surface area (Å²) in [7, 11) is 0. The average Bonchev–Trinajstić information content (AvgIpc) is 2.43. The molecule has 0 aromatic heterocycles. The van der Waals surface area contributed by atoms with Crippen molar-refractivity contribution < 1.29 is 19.6 Å². The summed E-state index contributed by atoms with van der Waals surface area (Å²) in [5.41, 5.74) is -0.261. The first kappa shape index (κ1) is 15.9. The first-order valence-electron chi connectivity index (χ1n) is 6.36. The number of ether oxygens (including phenoxy) is 1. The third-order valence-corrected chi connectivity index (χ3v) is 2.97. The summed E-state index contributed by atoms with van der Waals surface area (Å²) >= 11 is 0. The number of non-ortho nitro benzene ring substituents is 1. The molecule has 0 aliphatic rings. The van der Waals surface area contributed by atoms with Gasteiger partial charge in [-0.3, -0.25) is 10.1 Å². The van der Waals surface area contributed by atoms with Gasteiger partial charge in [-0.15, -0.1) is 0 Å². The van der Waals surface area contributed by atoms with E-state index >= 15 is 0 Å². The lowest BCUT2D eigenvalue weighted by molar-refractivity contribution is -0.384. The predicted octanol–water partition coefficient (Wildman–Crippen LogP) is 2.01. The van der Waals surface area contributed by atoms with Crippen LogP contribution < -0.4 is 4.74 Å². The molecule has 110 valence electrons. The number of carboxylic acids is 1. The van der Waals surface area contributed by atoms with Gasteiger partial charge in [0, 0.05) is 12.6 Å². The Morgan fingerprint density at radius 3 is 2.55 bits per heavy atom. The molecule has 1 aromatic rings. The molecule has 7 heteroatoms. The molecule has 0 unspecified atom stereocenters. The summed E-state index contributed by atoms with van der Waals surface area (Å²) in [6.07, 6.45) is 0. The Morgan fingerprint density at radius 1 is 1.40 bits per heavy atom. The maximum Gasteiger partial charge on any atom is 0.339 e. The molecule has 0 heterocycles. The number of nitro groups is 1. The van der Waals surface area contributed by atoms with Crippen molar-refractivity contribution in [3.8, 4) is 5.75 Å². The number of carboxylic acid groups (broad SMARTS) is 1. The van der Waals surface area contributed by atoms with E-state index < -0.39 is 10.9 Å². The summed E-state index contributed by atoms with van der Waals surface area (Å²) in [6, 6.07) is 3.49. The standard InChI is InChI=1S/C13H18N2O5/c1-3-14(4-2)7-8-20-12-9-10(15(18)19)5-6-11(12)13(16)17/h5-6,9H,3-4,7-8H2,1-2H3,(H,16,17). The number of aromatic carboxylic acids is 1. The second kappa shape index (κ2) is 7.44. The summed E-state index contributed by atoms with van der Waals surface area (Å²) in [4.78, 5) is 23.3. The van der Waals surface area contributed by atoms with Crippen LogP contribution in [0.2, 0.25) is 0 Å². The van der Waals surface area contributed by atoms with E-state index in [1.807, 2.05) is 13.8 Å². The van der Waals surface area contributed by atoms with E-state index in [0.717, 1.165) is 25.2 Å². The molecular weight excluding hydrogens is 264 g/mol. The van der Waals surface area contributed by atoms with Crippen LogP contribution in [0.3, 0.4) is 0 Å². The molecule has 0 fully saturated rings. The van der Waals surface area contributed by atoms with Crippen LogP contribution >= 0.6 is 0 Å². The lowest BCUT2D eigenvalue weighted by atomic mass is 10.2. The number of nitrogens with zero attached hydrogens (tertiary/aromatic N) is 2. The lowest BCUT2D eigenvalue weighted by Crippen LogP contribution is -2.28. The fourth-order valence-corrected chi connectivity index (χ4v) is 1.75. The average molecular weight is 282 g/mol. The van der Waals surface area contributed by atoms with Gasteiger partial charge in [-0.25, -0.2) is 4.79 Å². The Balaban J connectivity index is 2.82. The minimum Gasteiger partial charge on any atom is -0.491 e. The molecule has 0 spiro atoms. The van der Waals surface area contributed by atoms with Crippen LogP contribution in [0.4, 0.5) is 5.69 Å². The fraction of sp³-hybridized carbons (Fsp3) is 0.462. The normalized spacial score (nSPS) is 10.6. The smallest absolute Gasteiger partial charge is 0.339 e. The van der Waals surface area contributed by atoms with Gasteiger partial charge in [0.1, 0.15) is 17.9 Å². The third-order valence-electron chi connectivity index (χ3n) is 2.97. The Bertz CT molecular complexity index is 486. The van der Waals surface area contributed by atoms with Crippen molar-refractivity contribution in [1.29, 1.82) is 0 Å². The molecule has 1 rings (SSSR count). The Hall–Kier alpha value is -2.15. The highest BCUT2D eigenvalue weighted by Gasteiger charge is 2.16. The Morgan fingerprint density at radius 2 is 2.05 bits per heavy atom. The second-order valence-electron chi connectivity index (χ2n) is 4.12.